The van der Waals surface area contributed by atoms with E-state index in [1.165, 1.54) is 11.3 Å². The fraction of sp³-hybridized carbons (Fsp3) is 0.0952. The van der Waals surface area contributed by atoms with Gasteiger partial charge in [0, 0.05) is 33.1 Å². The number of carbonyl (C=O) groups excluding carboxylic acids is 1. The largest absolute Gasteiger partial charge is 0.460 e. The van der Waals surface area contributed by atoms with Crippen LogP contribution in [0.15, 0.2) is 66.2 Å². The van der Waals surface area contributed by atoms with Gasteiger partial charge in [0.2, 0.25) is 0 Å². The number of ether oxygens (including phenoxy) is 1. The third-order valence-corrected chi connectivity index (χ3v) is 5.23. The molecule has 2 aromatic heterocycles. The Kier molecular flexibility index (Phi) is 5.14. The van der Waals surface area contributed by atoms with Gasteiger partial charge in [-0.25, -0.2) is 4.98 Å². The van der Waals surface area contributed by atoms with Crippen molar-refractivity contribution in [3.05, 3.63) is 82.5 Å². The van der Waals surface area contributed by atoms with Crippen LogP contribution in [0, 0.1) is 0 Å². The SMILES string of the molecule is O=C(Cc1csc(-c2cccc(Cl)c2)n1)OCc1cccc2cccnc12. The summed E-state index contributed by atoms with van der Waals surface area (Å²) in [6.45, 7) is 0.193. The summed E-state index contributed by atoms with van der Waals surface area (Å²) in [6.07, 6.45) is 1.87. The highest BCUT2D eigenvalue weighted by molar-refractivity contribution is 7.13. The van der Waals surface area contributed by atoms with Crippen molar-refractivity contribution in [3.8, 4) is 10.6 Å². The minimum Gasteiger partial charge on any atom is -0.460 e. The van der Waals surface area contributed by atoms with Crippen molar-refractivity contribution in [1.82, 2.24) is 9.97 Å². The van der Waals surface area contributed by atoms with E-state index in [0.717, 1.165) is 27.0 Å². The average molecular weight is 395 g/mol. The number of hydrogen-bond acceptors (Lipinski definition) is 5. The van der Waals surface area contributed by atoms with Crippen molar-refractivity contribution in [1.29, 1.82) is 0 Å². The second-order valence-electron chi connectivity index (χ2n) is 5.98. The van der Waals surface area contributed by atoms with Crippen molar-refractivity contribution < 1.29 is 9.53 Å². The molecule has 0 fully saturated rings. The molecule has 0 radical (unpaired) electrons. The Morgan fingerprint density at radius 3 is 2.85 bits per heavy atom. The molecule has 27 heavy (non-hydrogen) atoms. The zero-order valence-electron chi connectivity index (χ0n) is 14.3. The van der Waals surface area contributed by atoms with Crippen molar-refractivity contribution in [2.45, 2.75) is 13.0 Å². The fourth-order valence-electron chi connectivity index (χ4n) is 2.78. The normalized spacial score (nSPS) is 10.9. The van der Waals surface area contributed by atoms with E-state index in [2.05, 4.69) is 9.97 Å². The Morgan fingerprint density at radius 2 is 1.96 bits per heavy atom. The molecule has 0 saturated heterocycles. The fourth-order valence-corrected chi connectivity index (χ4v) is 3.79. The van der Waals surface area contributed by atoms with Crippen LogP contribution in [-0.4, -0.2) is 15.9 Å². The maximum Gasteiger partial charge on any atom is 0.312 e. The lowest BCUT2D eigenvalue weighted by Gasteiger charge is -2.06. The monoisotopic (exact) mass is 394 g/mol. The number of halogens is 1. The summed E-state index contributed by atoms with van der Waals surface area (Å²) in [4.78, 5) is 21.1. The number of benzene rings is 2. The van der Waals surface area contributed by atoms with Gasteiger partial charge in [-0.15, -0.1) is 11.3 Å². The predicted molar refractivity (Wildman–Crippen MR) is 108 cm³/mol. The zero-order chi connectivity index (χ0) is 18.6. The summed E-state index contributed by atoms with van der Waals surface area (Å²) in [5.41, 5.74) is 3.37. The third-order valence-electron chi connectivity index (χ3n) is 4.05. The summed E-state index contributed by atoms with van der Waals surface area (Å²) in [6, 6.07) is 17.2. The van der Waals surface area contributed by atoms with Crippen LogP contribution in [0.2, 0.25) is 5.02 Å². The standard InChI is InChI=1S/C21H15ClN2O2S/c22-17-8-2-5-15(10-17)21-24-18(13-27-21)11-19(25)26-12-16-6-1-4-14-7-3-9-23-20(14)16/h1-10,13H,11-12H2. The molecule has 0 saturated carbocycles. The van der Waals surface area contributed by atoms with Crippen molar-refractivity contribution in [2.75, 3.05) is 0 Å². The first-order valence-corrected chi connectivity index (χ1v) is 9.63. The Bertz CT molecular complexity index is 1100. The molecule has 0 amide bonds. The number of rotatable bonds is 5. The summed E-state index contributed by atoms with van der Waals surface area (Å²) in [5, 5.41) is 4.39. The van der Waals surface area contributed by atoms with Gasteiger partial charge < -0.3 is 4.74 Å². The van der Waals surface area contributed by atoms with Crippen LogP contribution in [0.1, 0.15) is 11.3 Å². The molecule has 0 bridgehead atoms. The van der Waals surface area contributed by atoms with E-state index in [0.29, 0.717) is 10.7 Å². The van der Waals surface area contributed by atoms with Gasteiger partial charge in [-0.3, -0.25) is 9.78 Å². The van der Waals surface area contributed by atoms with Gasteiger partial charge in [-0.1, -0.05) is 48.0 Å². The van der Waals surface area contributed by atoms with Gasteiger partial charge in [0.05, 0.1) is 17.6 Å². The molecule has 4 nitrogen and oxygen atoms in total. The number of aromatic nitrogens is 2. The first-order valence-electron chi connectivity index (χ1n) is 8.37. The average Bonchev–Trinajstić information content (AvgIpc) is 3.15. The number of thiazole rings is 1. The molecule has 0 spiro atoms. The molecular formula is C21H15ClN2O2S. The smallest absolute Gasteiger partial charge is 0.312 e. The molecule has 134 valence electrons. The van der Waals surface area contributed by atoms with Crippen molar-refractivity contribution in [2.24, 2.45) is 0 Å². The number of esters is 1. The van der Waals surface area contributed by atoms with Crippen LogP contribution in [0.4, 0.5) is 0 Å². The summed E-state index contributed by atoms with van der Waals surface area (Å²) >= 11 is 7.51. The second-order valence-corrected chi connectivity index (χ2v) is 7.28. The van der Waals surface area contributed by atoms with E-state index in [1.54, 1.807) is 6.20 Å². The van der Waals surface area contributed by atoms with E-state index < -0.39 is 0 Å². The van der Waals surface area contributed by atoms with E-state index in [9.17, 15) is 4.79 Å². The van der Waals surface area contributed by atoms with Gasteiger partial charge in [0.1, 0.15) is 11.6 Å². The minimum absolute atomic E-state index is 0.134. The lowest BCUT2D eigenvalue weighted by molar-refractivity contribution is -0.144. The first kappa shape index (κ1) is 17.6. The maximum absolute atomic E-state index is 12.2. The van der Waals surface area contributed by atoms with Crippen LogP contribution < -0.4 is 0 Å². The molecular weight excluding hydrogens is 380 g/mol. The molecule has 0 aliphatic carbocycles. The molecule has 2 heterocycles. The summed E-state index contributed by atoms with van der Waals surface area (Å²) in [7, 11) is 0. The molecule has 0 aliphatic rings. The van der Waals surface area contributed by atoms with Crippen LogP contribution in [0.25, 0.3) is 21.5 Å². The Morgan fingerprint density at radius 1 is 1.11 bits per heavy atom. The van der Waals surface area contributed by atoms with E-state index in [-0.39, 0.29) is 19.0 Å². The van der Waals surface area contributed by atoms with Gasteiger partial charge in [-0.2, -0.15) is 0 Å². The number of pyridine rings is 1. The molecule has 4 rings (SSSR count). The van der Waals surface area contributed by atoms with Crippen LogP contribution in [-0.2, 0) is 22.6 Å². The molecule has 0 aliphatic heterocycles. The number of carbonyl (C=O) groups is 1. The second kappa shape index (κ2) is 7.86. The molecule has 0 atom stereocenters. The van der Waals surface area contributed by atoms with Crippen molar-refractivity contribution in [3.63, 3.8) is 0 Å². The minimum atomic E-state index is -0.314. The number of fused-ring (bicyclic) bond motifs is 1. The van der Waals surface area contributed by atoms with E-state index in [4.69, 9.17) is 16.3 Å². The third kappa shape index (κ3) is 4.15. The highest BCUT2D eigenvalue weighted by atomic mass is 35.5. The summed E-state index contributed by atoms with van der Waals surface area (Å²) in [5.74, 6) is -0.314. The lowest BCUT2D eigenvalue weighted by Crippen LogP contribution is -2.08. The van der Waals surface area contributed by atoms with Gasteiger partial charge in [-0.05, 0) is 18.2 Å². The quantitative estimate of drug-likeness (QED) is 0.431. The molecule has 0 N–H and O–H groups in total. The Hall–Kier alpha value is -2.76. The van der Waals surface area contributed by atoms with Gasteiger partial charge in [0.25, 0.3) is 0 Å². The number of para-hydroxylation sites is 1. The predicted octanol–water partition coefficient (Wildman–Crippen LogP) is 5.30. The van der Waals surface area contributed by atoms with Crippen LogP contribution >= 0.6 is 22.9 Å². The lowest BCUT2D eigenvalue weighted by atomic mass is 10.1. The Balaban J connectivity index is 1.41. The Labute approximate surface area is 165 Å². The summed E-state index contributed by atoms with van der Waals surface area (Å²) < 4.78 is 5.44. The maximum atomic E-state index is 12.2. The molecule has 2 aromatic carbocycles. The highest BCUT2D eigenvalue weighted by Crippen LogP contribution is 2.26. The molecule has 4 aromatic rings. The van der Waals surface area contributed by atoms with Crippen LogP contribution in [0.3, 0.4) is 0 Å². The highest BCUT2D eigenvalue weighted by Gasteiger charge is 2.11. The first-order chi connectivity index (χ1) is 13.2. The zero-order valence-corrected chi connectivity index (χ0v) is 15.8. The van der Waals surface area contributed by atoms with E-state index in [1.807, 2.05) is 60.0 Å². The van der Waals surface area contributed by atoms with E-state index >= 15 is 0 Å². The van der Waals surface area contributed by atoms with Gasteiger partial charge >= 0.3 is 5.97 Å². The van der Waals surface area contributed by atoms with Gasteiger partial charge in [0.15, 0.2) is 0 Å². The molecule has 6 heteroatoms. The topological polar surface area (TPSA) is 52.1 Å². The van der Waals surface area contributed by atoms with Crippen molar-refractivity contribution >= 4 is 39.8 Å². The molecule has 0 unspecified atom stereocenters. The number of nitrogens with zero attached hydrogens (tertiary/aromatic N) is 2. The van der Waals surface area contributed by atoms with Crippen LogP contribution in [0.5, 0.6) is 0 Å². The number of hydrogen-bond donors (Lipinski definition) is 0.